The SMILES string of the molecule is CC1(C(=O)O)COCC1NC(=O)NCc1ccccc1Br. The summed E-state index contributed by atoms with van der Waals surface area (Å²) in [5.41, 5.74) is -0.152. The van der Waals surface area contributed by atoms with Gasteiger partial charge in [-0.3, -0.25) is 4.79 Å². The van der Waals surface area contributed by atoms with Gasteiger partial charge in [0.1, 0.15) is 5.41 Å². The Morgan fingerprint density at radius 3 is 2.86 bits per heavy atom. The van der Waals surface area contributed by atoms with Gasteiger partial charge >= 0.3 is 12.0 Å². The summed E-state index contributed by atoms with van der Waals surface area (Å²) < 4.78 is 6.09. The van der Waals surface area contributed by atoms with E-state index in [1.54, 1.807) is 6.92 Å². The number of carbonyl (C=O) groups is 2. The molecular formula is C14H17BrN2O4. The quantitative estimate of drug-likeness (QED) is 0.766. The van der Waals surface area contributed by atoms with Crippen LogP contribution in [-0.4, -0.2) is 36.4 Å². The fourth-order valence-electron chi connectivity index (χ4n) is 2.11. The molecule has 1 heterocycles. The second kappa shape index (κ2) is 6.44. The molecule has 0 spiro atoms. The van der Waals surface area contributed by atoms with Crippen molar-refractivity contribution in [2.45, 2.75) is 19.5 Å². The predicted octanol–water partition coefficient (Wildman–Crippen LogP) is 1.74. The number of aliphatic carboxylic acids is 1. The molecule has 1 aliphatic rings. The van der Waals surface area contributed by atoms with Crippen LogP contribution in [0.3, 0.4) is 0 Å². The van der Waals surface area contributed by atoms with Gasteiger partial charge in [-0.25, -0.2) is 4.79 Å². The lowest BCUT2D eigenvalue weighted by Crippen LogP contribution is -2.52. The van der Waals surface area contributed by atoms with E-state index in [0.29, 0.717) is 6.54 Å². The number of carboxylic acids is 1. The highest BCUT2D eigenvalue weighted by atomic mass is 79.9. The smallest absolute Gasteiger partial charge is 0.315 e. The van der Waals surface area contributed by atoms with E-state index in [-0.39, 0.29) is 13.2 Å². The van der Waals surface area contributed by atoms with Crippen LogP contribution in [0, 0.1) is 5.41 Å². The zero-order chi connectivity index (χ0) is 15.5. The number of hydrogen-bond donors (Lipinski definition) is 3. The maximum atomic E-state index is 11.9. The minimum absolute atomic E-state index is 0.0948. The van der Waals surface area contributed by atoms with Crippen LogP contribution in [0.5, 0.6) is 0 Å². The van der Waals surface area contributed by atoms with Crippen molar-refractivity contribution in [1.82, 2.24) is 10.6 Å². The van der Waals surface area contributed by atoms with Crippen molar-refractivity contribution in [3.05, 3.63) is 34.3 Å². The van der Waals surface area contributed by atoms with Gasteiger partial charge in [-0.05, 0) is 18.6 Å². The van der Waals surface area contributed by atoms with E-state index in [1.807, 2.05) is 24.3 Å². The summed E-state index contributed by atoms with van der Waals surface area (Å²) in [5.74, 6) is -0.976. The van der Waals surface area contributed by atoms with Crippen LogP contribution >= 0.6 is 15.9 Å². The minimum Gasteiger partial charge on any atom is -0.481 e. The molecular weight excluding hydrogens is 340 g/mol. The maximum Gasteiger partial charge on any atom is 0.315 e. The number of halogens is 1. The third kappa shape index (κ3) is 3.54. The number of rotatable bonds is 4. The van der Waals surface area contributed by atoms with Gasteiger partial charge in [0, 0.05) is 11.0 Å². The van der Waals surface area contributed by atoms with E-state index in [0.717, 1.165) is 10.0 Å². The highest BCUT2D eigenvalue weighted by Gasteiger charge is 2.47. The van der Waals surface area contributed by atoms with Crippen LogP contribution in [0.2, 0.25) is 0 Å². The molecule has 2 unspecified atom stereocenters. The fraction of sp³-hybridized carbons (Fsp3) is 0.429. The molecule has 0 bridgehead atoms. The van der Waals surface area contributed by atoms with E-state index in [9.17, 15) is 14.7 Å². The number of urea groups is 1. The fourth-order valence-corrected chi connectivity index (χ4v) is 2.54. The average molecular weight is 357 g/mol. The number of ether oxygens (including phenoxy) is 1. The first-order valence-corrected chi connectivity index (χ1v) is 7.31. The van der Waals surface area contributed by atoms with Crippen molar-refractivity contribution in [2.75, 3.05) is 13.2 Å². The number of nitrogens with one attached hydrogen (secondary N) is 2. The van der Waals surface area contributed by atoms with Gasteiger partial charge in [-0.15, -0.1) is 0 Å². The van der Waals surface area contributed by atoms with Crippen LogP contribution in [0.25, 0.3) is 0 Å². The van der Waals surface area contributed by atoms with Crippen LogP contribution in [0.1, 0.15) is 12.5 Å². The predicted molar refractivity (Wildman–Crippen MR) is 79.9 cm³/mol. The summed E-state index contributed by atoms with van der Waals surface area (Å²) in [7, 11) is 0. The Labute approximate surface area is 131 Å². The van der Waals surface area contributed by atoms with Crippen molar-refractivity contribution >= 4 is 27.9 Å². The molecule has 3 N–H and O–H groups in total. The van der Waals surface area contributed by atoms with E-state index in [1.165, 1.54) is 0 Å². The van der Waals surface area contributed by atoms with Gasteiger partial charge in [0.05, 0.1) is 19.3 Å². The number of carboxylic acid groups (broad SMARTS) is 1. The molecule has 1 fully saturated rings. The lowest BCUT2D eigenvalue weighted by Gasteiger charge is -2.25. The molecule has 0 aromatic heterocycles. The summed E-state index contributed by atoms with van der Waals surface area (Å²) in [5, 5.41) is 14.6. The van der Waals surface area contributed by atoms with Crippen molar-refractivity contribution in [3.8, 4) is 0 Å². The molecule has 7 heteroatoms. The zero-order valence-electron chi connectivity index (χ0n) is 11.6. The van der Waals surface area contributed by atoms with Crippen molar-refractivity contribution in [2.24, 2.45) is 5.41 Å². The molecule has 0 aliphatic carbocycles. The van der Waals surface area contributed by atoms with Gasteiger partial charge in [0.15, 0.2) is 0 Å². The molecule has 1 aliphatic heterocycles. The molecule has 0 radical (unpaired) electrons. The van der Waals surface area contributed by atoms with Crippen molar-refractivity contribution < 1.29 is 19.4 Å². The first-order valence-electron chi connectivity index (χ1n) is 6.52. The van der Waals surface area contributed by atoms with E-state index < -0.39 is 23.5 Å². The highest BCUT2D eigenvalue weighted by molar-refractivity contribution is 9.10. The summed E-state index contributed by atoms with van der Waals surface area (Å²) in [4.78, 5) is 23.2. The van der Waals surface area contributed by atoms with E-state index in [4.69, 9.17) is 4.74 Å². The van der Waals surface area contributed by atoms with Crippen molar-refractivity contribution in [1.29, 1.82) is 0 Å². The Kier molecular flexibility index (Phi) is 4.84. The van der Waals surface area contributed by atoms with Crippen LogP contribution in [0.15, 0.2) is 28.7 Å². The van der Waals surface area contributed by atoms with Crippen LogP contribution in [0.4, 0.5) is 4.79 Å². The monoisotopic (exact) mass is 356 g/mol. The number of benzene rings is 1. The zero-order valence-corrected chi connectivity index (χ0v) is 13.1. The molecule has 6 nitrogen and oxygen atoms in total. The normalized spacial score (nSPS) is 24.6. The molecule has 2 rings (SSSR count). The van der Waals surface area contributed by atoms with Gasteiger partial charge < -0.3 is 20.5 Å². The largest absolute Gasteiger partial charge is 0.481 e. The average Bonchev–Trinajstić information content (AvgIpc) is 2.81. The van der Waals surface area contributed by atoms with E-state index in [2.05, 4.69) is 26.6 Å². The standard InChI is InChI=1S/C14H17BrN2O4/c1-14(12(18)19)8-21-7-11(14)17-13(20)16-6-9-4-2-3-5-10(9)15/h2-5,11H,6-8H2,1H3,(H,18,19)(H2,16,17,20). The highest BCUT2D eigenvalue weighted by Crippen LogP contribution is 2.28. The third-order valence-corrected chi connectivity index (χ3v) is 4.42. The number of hydrogen-bond acceptors (Lipinski definition) is 3. The van der Waals surface area contributed by atoms with Gasteiger partial charge in [-0.1, -0.05) is 34.1 Å². The Morgan fingerprint density at radius 2 is 2.19 bits per heavy atom. The summed E-state index contributed by atoms with van der Waals surface area (Å²) in [6.07, 6.45) is 0. The lowest BCUT2D eigenvalue weighted by atomic mass is 9.85. The van der Waals surface area contributed by atoms with Gasteiger partial charge in [-0.2, -0.15) is 0 Å². The third-order valence-electron chi connectivity index (χ3n) is 3.65. The Bertz CT molecular complexity index is 552. The summed E-state index contributed by atoms with van der Waals surface area (Å²) >= 11 is 3.40. The molecule has 0 saturated carbocycles. The Morgan fingerprint density at radius 1 is 1.48 bits per heavy atom. The Balaban J connectivity index is 1.90. The first-order chi connectivity index (χ1) is 9.93. The minimum atomic E-state index is -1.09. The van der Waals surface area contributed by atoms with Gasteiger partial charge in [0.25, 0.3) is 0 Å². The molecule has 1 aromatic rings. The summed E-state index contributed by atoms with van der Waals surface area (Å²) in [6, 6.07) is 6.60. The Hall–Kier alpha value is -1.60. The van der Waals surface area contributed by atoms with Gasteiger partial charge in [0.2, 0.25) is 0 Å². The number of amides is 2. The number of carbonyl (C=O) groups excluding carboxylic acids is 1. The topological polar surface area (TPSA) is 87.7 Å². The molecule has 1 saturated heterocycles. The molecule has 2 atom stereocenters. The first kappa shape index (κ1) is 15.8. The maximum absolute atomic E-state index is 11.9. The van der Waals surface area contributed by atoms with E-state index >= 15 is 0 Å². The second-order valence-electron chi connectivity index (χ2n) is 5.21. The lowest BCUT2D eigenvalue weighted by molar-refractivity contribution is -0.148. The molecule has 21 heavy (non-hydrogen) atoms. The molecule has 2 amide bonds. The molecule has 114 valence electrons. The second-order valence-corrected chi connectivity index (χ2v) is 6.06. The van der Waals surface area contributed by atoms with Crippen molar-refractivity contribution in [3.63, 3.8) is 0 Å². The summed E-state index contributed by atoms with van der Waals surface area (Å²) in [6.45, 7) is 2.22. The van der Waals surface area contributed by atoms with Crippen LogP contribution in [-0.2, 0) is 16.1 Å². The molecule has 1 aromatic carbocycles. The van der Waals surface area contributed by atoms with Crippen LogP contribution < -0.4 is 10.6 Å².